The molecule has 0 spiro atoms. The van der Waals surface area contributed by atoms with Gasteiger partial charge in [0.15, 0.2) is 0 Å². The van der Waals surface area contributed by atoms with Gasteiger partial charge in [0.2, 0.25) is 5.91 Å². The van der Waals surface area contributed by atoms with Crippen LogP contribution in [0, 0.1) is 0 Å². The van der Waals surface area contributed by atoms with E-state index in [-0.39, 0.29) is 5.91 Å². The van der Waals surface area contributed by atoms with Gasteiger partial charge in [-0.1, -0.05) is 32.1 Å². The molecule has 1 radical (unpaired) electrons. The average molecular weight is 278 g/mol. The molecule has 0 aliphatic heterocycles. The zero-order valence-corrected chi connectivity index (χ0v) is 12.7. The summed E-state index contributed by atoms with van der Waals surface area (Å²) in [7, 11) is 1.79. The average Bonchev–Trinajstić information content (AvgIpc) is 2.43. The zero-order chi connectivity index (χ0) is 14.3. The molecule has 0 aromatic heterocycles. The van der Waals surface area contributed by atoms with Crippen LogP contribution >= 0.6 is 0 Å². The third-order valence-corrected chi connectivity index (χ3v) is 4.36. The van der Waals surface area contributed by atoms with E-state index < -0.39 is 9.28 Å². The monoisotopic (exact) mass is 278 g/mol. The minimum absolute atomic E-state index is 0.210. The van der Waals surface area contributed by atoms with E-state index in [2.05, 4.69) is 18.8 Å². The molecule has 0 fully saturated rings. The number of hydrogen-bond acceptors (Lipinski definition) is 3. The second-order valence-corrected chi connectivity index (χ2v) is 5.90. The van der Waals surface area contributed by atoms with E-state index in [1.54, 1.807) is 14.2 Å². The number of hydrogen-bond donors (Lipinski definition) is 1. The Labute approximate surface area is 116 Å². The van der Waals surface area contributed by atoms with Gasteiger partial charge in [-0.3, -0.25) is 4.79 Å². The van der Waals surface area contributed by atoms with Crippen LogP contribution in [0.3, 0.4) is 0 Å². The number of rotatable bonds is 7. The van der Waals surface area contributed by atoms with Gasteiger partial charge in [0.05, 0.1) is 0 Å². The van der Waals surface area contributed by atoms with E-state index in [1.165, 1.54) is 6.08 Å². The highest BCUT2D eigenvalue weighted by Crippen LogP contribution is 2.16. The molecule has 103 valence electrons. The molecule has 1 aromatic rings. The SMILES string of the molecule is C=CC(=O)Nc1cccc([Si](OC)OC)c1CCC. The molecule has 0 saturated heterocycles. The molecule has 0 saturated carbocycles. The summed E-state index contributed by atoms with van der Waals surface area (Å²) in [5.41, 5.74) is 1.89. The normalized spacial score (nSPS) is 10.5. The van der Waals surface area contributed by atoms with Gasteiger partial charge in [0.25, 0.3) is 0 Å². The van der Waals surface area contributed by atoms with E-state index in [0.717, 1.165) is 29.3 Å². The predicted molar refractivity (Wildman–Crippen MR) is 78.7 cm³/mol. The molecule has 0 aliphatic carbocycles. The fourth-order valence-electron chi connectivity index (χ4n) is 1.90. The molecule has 0 heterocycles. The van der Waals surface area contributed by atoms with Crippen LogP contribution in [-0.2, 0) is 20.1 Å². The molecule has 1 rings (SSSR count). The van der Waals surface area contributed by atoms with E-state index in [4.69, 9.17) is 8.85 Å². The molecule has 1 aromatic carbocycles. The third kappa shape index (κ3) is 4.02. The number of carbonyl (C=O) groups is 1. The van der Waals surface area contributed by atoms with E-state index in [1.807, 2.05) is 18.2 Å². The van der Waals surface area contributed by atoms with E-state index in [9.17, 15) is 4.79 Å². The van der Waals surface area contributed by atoms with Gasteiger partial charge in [-0.05, 0) is 24.1 Å². The van der Waals surface area contributed by atoms with Crippen molar-refractivity contribution < 1.29 is 13.6 Å². The number of nitrogens with one attached hydrogen (secondary N) is 1. The minimum atomic E-state index is -1.49. The number of carbonyl (C=O) groups excluding carboxylic acids is 1. The maximum atomic E-state index is 11.5. The van der Waals surface area contributed by atoms with Crippen molar-refractivity contribution in [2.45, 2.75) is 19.8 Å². The summed E-state index contributed by atoms with van der Waals surface area (Å²) in [6.07, 6.45) is 3.11. The first-order chi connectivity index (χ1) is 9.17. The van der Waals surface area contributed by atoms with Crippen LogP contribution in [0.25, 0.3) is 0 Å². The van der Waals surface area contributed by atoms with Crippen molar-refractivity contribution in [3.63, 3.8) is 0 Å². The van der Waals surface area contributed by atoms with Gasteiger partial charge >= 0.3 is 9.28 Å². The molecular formula is C14H20NO3Si. The predicted octanol–water partition coefficient (Wildman–Crippen LogP) is 1.75. The van der Waals surface area contributed by atoms with Crippen molar-refractivity contribution in [3.05, 3.63) is 36.4 Å². The first-order valence-electron chi connectivity index (χ1n) is 6.18. The van der Waals surface area contributed by atoms with Crippen molar-refractivity contribution in [1.82, 2.24) is 0 Å². The second kappa shape index (κ2) is 7.88. The molecule has 1 amide bonds. The van der Waals surface area contributed by atoms with Crippen molar-refractivity contribution in [2.24, 2.45) is 0 Å². The second-order valence-electron chi connectivity index (χ2n) is 3.97. The van der Waals surface area contributed by atoms with Crippen LogP contribution < -0.4 is 10.5 Å². The number of benzene rings is 1. The van der Waals surface area contributed by atoms with Crippen LogP contribution in [0.1, 0.15) is 18.9 Å². The van der Waals surface area contributed by atoms with Crippen molar-refractivity contribution >= 4 is 26.1 Å². The molecule has 0 bridgehead atoms. The molecule has 19 heavy (non-hydrogen) atoms. The van der Waals surface area contributed by atoms with Crippen LogP contribution in [0.5, 0.6) is 0 Å². The maximum absolute atomic E-state index is 11.5. The van der Waals surface area contributed by atoms with E-state index >= 15 is 0 Å². The lowest BCUT2D eigenvalue weighted by Gasteiger charge is -2.17. The topological polar surface area (TPSA) is 47.6 Å². The Morgan fingerprint density at radius 2 is 2.11 bits per heavy atom. The Kier molecular flexibility index (Phi) is 6.48. The summed E-state index contributed by atoms with van der Waals surface area (Å²) in [6, 6.07) is 5.78. The smallest absolute Gasteiger partial charge is 0.393 e. The van der Waals surface area contributed by atoms with Gasteiger partial charge in [0, 0.05) is 25.1 Å². The highest BCUT2D eigenvalue weighted by atomic mass is 28.3. The first-order valence-corrected chi connectivity index (χ1v) is 7.50. The Balaban J connectivity index is 3.19. The molecule has 4 nitrogen and oxygen atoms in total. The van der Waals surface area contributed by atoms with Gasteiger partial charge in [-0.2, -0.15) is 0 Å². The summed E-state index contributed by atoms with van der Waals surface area (Å²) >= 11 is 0. The van der Waals surface area contributed by atoms with Crippen LogP contribution in [-0.4, -0.2) is 29.4 Å². The van der Waals surface area contributed by atoms with Crippen LogP contribution in [0.4, 0.5) is 5.69 Å². The molecule has 0 unspecified atom stereocenters. The fraction of sp³-hybridized carbons (Fsp3) is 0.357. The Morgan fingerprint density at radius 3 is 2.63 bits per heavy atom. The molecule has 0 atom stereocenters. The summed E-state index contributed by atoms with van der Waals surface area (Å²) < 4.78 is 10.8. The zero-order valence-electron chi connectivity index (χ0n) is 11.7. The molecule has 5 heteroatoms. The summed E-state index contributed by atoms with van der Waals surface area (Å²) in [5.74, 6) is -0.210. The fourth-order valence-corrected chi connectivity index (χ4v) is 3.25. The summed E-state index contributed by atoms with van der Waals surface area (Å²) in [5, 5.41) is 3.88. The van der Waals surface area contributed by atoms with Gasteiger partial charge in [-0.15, -0.1) is 0 Å². The van der Waals surface area contributed by atoms with E-state index in [0.29, 0.717) is 0 Å². The lowest BCUT2D eigenvalue weighted by molar-refractivity contribution is -0.111. The van der Waals surface area contributed by atoms with Crippen LogP contribution in [0.15, 0.2) is 30.9 Å². The molecule has 0 aliphatic rings. The summed E-state index contributed by atoms with van der Waals surface area (Å²) in [4.78, 5) is 11.5. The van der Waals surface area contributed by atoms with Gasteiger partial charge in [-0.25, -0.2) is 0 Å². The highest BCUT2D eigenvalue weighted by Gasteiger charge is 2.21. The highest BCUT2D eigenvalue weighted by molar-refractivity contribution is 6.62. The Morgan fingerprint density at radius 1 is 1.42 bits per heavy atom. The molecule has 1 N–H and O–H groups in total. The molecular weight excluding hydrogens is 258 g/mol. The Hall–Kier alpha value is -1.43. The van der Waals surface area contributed by atoms with Crippen molar-refractivity contribution in [2.75, 3.05) is 19.5 Å². The lowest BCUT2D eigenvalue weighted by Crippen LogP contribution is -2.38. The standard InChI is InChI=1S/C14H20NO3Si/c1-5-8-11-12(15-14(16)6-2)9-7-10-13(11)19(17-3)18-4/h6-7,9-10H,2,5,8H2,1,3-4H3,(H,15,16). The summed E-state index contributed by atoms with van der Waals surface area (Å²) in [6.45, 7) is 5.57. The maximum Gasteiger partial charge on any atom is 0.423 e. The largest absolute Gasteiger partial charge is 0.423 e. The van der Waals surface area contributed by atoms with Gasteiger partial charge < -0.3 is 14.2 Å². The van der Waals surface area contributed by atoms with Gasteiger partial charge in [0.1, 0.15) is 0 Å². The number of anilines is 1. The van der Waals surface area contributed by atoms with Crippen molar-refractivity contribution in [1.29, 1.82) is 0 Å². The minimum Gasteiger partial charge on any atom is -0.393 e. The van der Waals surface area contributed by atoms with Crippen molar-refractivity contribution in [3.8, 4) is 0 Å². The quantitative estimate of drug-likeness (QED) is 0.610. The Bertz CT molecular complexity index is 444. The lowest BCUT2D eigenvalue weighted by atomic mass is 10.1. The third-order valence-electron chi connectivity index (χ3n) is 2.71. The number of amides is 1. The van der Waals surface area contributed by atoms with Crippen LogP contribution in [0.2, 0.25) is 0 Å². The first kappa shape index (κ1) is 15.6.